The van der Waals surface area contributed by atoms with Crippen molar-refractivity contribution in [2.75, 3.05) is 18.5 Å². The summed E-state index contributed by atoms with van der Waals surface area (Å²) in [6, 6.07) is 5.18. The van der Waals surface area contributed by atoms with E-state index in [1.807, 2.05) is 6.92 Å². The summed E-state index contributed by atoms with van der Waals surface area (Å²) in [5.74, 6) is 0.201. The standard InChI is InChI=1S/C14H15F3N2O/c1-9(11-4-5-20-8-11)19-13-3-2-10(7-18)6-12(13)14(15,16)17/h2-3,6,9,11,19H,4-5,8H2,1H3. The number of nitriles is 1. The lowest BCUT2D eigenvalue weighted by Crippen LogP contribution is -2.27. The third-order valence-electron chi connectivity index (χ3n) is 3.51. The van der Waals surface area contributed by atoms with E-state index in [0.717, 1.165) is 12.5 Å². The first kappa shape index (κ1) is 14.7. The largest absolute Gasteiger partial charge is 0.418 e. The lowest BCUT2D eigenvalue weighted by Gasteiger charge is -2.23. The Hall–Kier alpha value is -1.74. The van der Waals surface area contributed by atoms with Gasteiger partial charge in [0.15, 0.2) is 0 Å². The molecule has 1 aromatic carbocycles. The van der Waals surface area contributed by atoms with Gasteiger partial charge in [-0.25, -0.2) is 0 Å². The van der Waals surface area contributed by atoms with Gasteiger partial charge in [-0.15, -0.1) is 0 Å². The average Bonchev–Trinajstić information content (AvgIpc) is 2.91. The van der Waals surface area contributed by atoms with Gasteiger partial charge in [-0.05, 0) is 31.5 Å². The van der Waals surface area contributed by atoms with Crippen molar-refractivity contribution in [2.24, 2.45) is 5.92 Å². The molecule has 0 radical (unpaired) electrons. The molecule has 0 amide bonds. The molecule has 1 N–H and O–H groups in total. The monoisotopic (exact) mass is 284 g/mol. The predicted molar refractivity (Wildman–Crippen MR) is 68.2 cm³/mol. The van der Waals surface area contributed by atoms with Crippen molar-refractivity contribution >= 4 is 5.69 Å². The smallest absolute Gasteiger partial charge is 0.382 e. The predicted octanol–water partition coefficient (Wildman–Crippen LogP) is 3.41. The van der Waals surface area contributed by atoms with Crippen molar-refractivity contribution in [3.63, 3.8) is 0 Å². The number of hydrogen-bond donors (Lipinski definition) is 1. The molecular weight excluding hydrogens is 269 g/mol. The molecule has 1 fully saturated rings. The van der Waals surface area contributed by atoms with E-state index in [1.165, 1.54) is 12.1 Å². The zero-order valence-corrected chi connectivity index (χ0v) is 11.0. The number of alkyl halides is 3. The molecule has 6 heteroatoms. The van der Waals surface area contributed by atoms with Crippen LogP contribution in [0.25, 0.3) is 0 Å². The second-order valence-corrected chi connectivity index (χ2v) is 4.93. The highest BCUT2D eigenvalue weighted by molar-refractivity contribution is 5.56. The number of nitrogens with zero attached hydrogens (tertiary/aromatic N) is 1. The van der Waals surface area contributed by atoms with Crippen LogP contribution >= 0.6 is 0 Å². The van der Waals surface area contributed by atoms with Gasteiger partial charge in [0.25, 0.3) is 0 Å². The SMILES string of the molecule is CC(Nc1ccc(C#N)cc1C(F)(F)F)C1CCOC1. The first-order valence-electron chi connectivity index (χ1n) is 6.37. The molecule has 2 unspecified atom stereocenters. The number of hydrogen-bond acceptors (Lipinski definition) is 3. The highest BCUT2D eigenvalue weighted by Gasteiger charge is 2.34. The van der Waals surface area contributed by atoms with Gasteiger partial charge in [-0.3, -0.25) is 0 Å². The van der Waals surface area contributed by atoms with E-state index >= 15 is 0 Å². The van der Waals surface area contributed by atoms with Gasteiger partial charge in [-0.2, -0.15) is 18.4 Å². The molecule has 2 rings (SSSR count). The molecule has 0 spiro atoms. The zero-order valence-electron chi connectivity index (χ0n) is 11.0. The van der Waals surface area contributed by atoms with Crippen LogP contribution in [-0.4, -0.2) is 19.3 Å². The Morgan fingerprint density at radius 3 is 2.75 bits per heavy atom. The van der Waals surface area contributed by atoms with E-state index in [0.29, 0.717) is 13.2 Å². The van der Waals surface area contributed by atoms with Crippen LogP contribution in [0, 0.1) is 17.2 Å². The number of rotatable bonds is 3. The highest BCUT2D eigenvalue weighted by atomic mass is 19.4. The van der Waals surface area contributed by atoms with E-state index in [9.17, 15) is 13.2 Å². The summed E-state index contributed by atoms with van der Waals surface area (Å²) >= 11 is 0. The Morgan fingerprint density at radius 2 is 2.20 bits per heavy atom. The van der Waals surface area contributed by atoms with Crippen LogP contribution in [0.2, 0.25) is 0 Å². The van der Waals surface area contributed by atoms with E-state index < -0.39 is 11.7 Å². The highest BCUT2D eigenvalue weighted by Crippen LogP contribution is 2.36. The third-order valence-corrected chi connectivity index (χ3v) is 3.51. The Labute approximate surface area is 115 Å². The van der Waals surface area contributed by atoms with Crippen LogP contribution in [0.15, 0.2) is 18.2 Å². The minimum absolute atomic E-state index is 0.000252. The van der Waals surface area contributed by atoms with Gasteiger partial charge < -0.3 is 10.1 Å². The summed E-state index contributed by atoms with van der Waals surface area (Å²) in [6.07, 6.45) is -3.65. The topological polar surface area (TPSA) is 45.0 Å². The first-order chi connectivity index (χ1) is 9.41. The molecule has 0 aromatic heterocycles. The fourth-order valence-corrected chi connectivity index (χ4v) is 2.28. The molecule has 1 heterocycles. The van der Waals surface area contributed by atoms with E-state index in [1.54, 1.807) is 6.07 Å². The minimum Gasteiger partial charge on any atom is -0.382 e. The van der Waals surface area contributed by atoms with Gasteiger partial charge in [-0.1, -0.05) is 0 Å². The molecule has 20 heavy (non-hydrogen) atoms. The summed E-state index contributed by atoms with van der Waals surface area (Å²) < 4.78 is 44.3. The van der Waals surface area contributed by atoms with Crippen LogP contribution in [0.5, 0.6) is 0 Å². The number of halogens is 3. The second kappa shape index (κ2) is 5.71. The normalized spacial score (nSPS) is 20.4. The maximum atomic E-state index is 13.0. The van der Waals surface area contributed by atoms with Crippen molar-refractivity contribution in [1.29, 1.82) is 5.26 Å². The van der Waals surface area contributed by atoms with E-state index in [2.05, 4.69) is 5.32 Å². The molecular formula is C14H15F3N2O. The van der Waals surface area contributed by atoms with Crippen LogP contribution in [0.1, 0.15) is 24.5 Å². The Kier molecular flexibility index (Phi) is 4.19. The summed E-state index contributed by atoms with van der Waals surface area (Å²) in [7, 11) is 0. The van der Waals surface area contributed by atoms with Crippen molar-refractivity contribution in [3.8, 4) is 6.07 Å². The summed E-state index contributed by atoms with van der Waals surface area (Å²) in [4.78, 5) is 0. The van der Waals surface area contributed by atoms with Crippen molar-refractivity contribution < 1.29 is 17.9 Å². The van der Waals surface area contributed by atoms with Crippen molar-refractivity contribution in [1.82, 2.24) is 0 Å². The van der Waals surface area contributed by atoms with E-state index in [4.69, 9.17) is 10.00 Å². The molecule has 2 atom stereocenters. The van der Waals surface area contributed by atoms with Crippen molar-refractivity contribution in [3.05, 3.63) is 29.3 Å². The molecule has 1 saturated heterocycles. The molecule has 0 bridgehead atoms. The molecule has 0 aliphatic carbocycles. The zero-order chi connectivity index (χ0) is 14.8. The average molecular weight is 284 g/mol. The molecule has 108 valence electrons. The van der Waals surface area contributed by atoms with Gasteiger partial charge in [0.1, 0.15) is 0 Å². The number of nitrogens with one attached hydrogen (secondary N) is 1. The lowest BCUT2D eigenvalue weighted by atomic mass is 9.99. The van der Waals surface area contributed by atoms with Crippen LogP contribution in [0.3, 0.4) is 0 Å². The summed E-state index contributed by atoms with van der Waals surface area (Å²) in [5, 5.41) is 11.6. The second-order valence-electron chi connectivity index (χ2n) is 4.93. The number of anilines is 1. The van der Waals surface area contributed by atoms with Gasteiger partial charge >= 0.3 is 6.18 Å². The molecule has 0 saturated carbocycles. The summed E-state index contributed by atoms with van der Waals surface area (Å²) in [6.45, 7) is 3.06. The van der Waals surface area contributed by atoms with Crippen LogP contribution < -0.4 is 5.32 Å². The third kappa shape index (κ3) is 3.23. The Balaban J connectivity index is 2.24. The first-order valence-corrected chi connectivity index (χ1v) is 6.37. The number of ether oxygens (including phenoxy) is 1. The van der Waals surface area contributed by atoms with Crippen LogP contribution in [0.4, 0.5) is 18.9 Å². The van der Waals surface area contributed by atoms with Crippen LogP contribution in [-0.2, 0) is 10.9 Å². The fourth-order valence-electron chi connectivity index (χ4n) is 2.28. The molecule has 1 aliphatic heterocycles. The van der Waals surface area contributed by atoms with Gasteiger partial charge in [0, 0.05) is 24.3 Å². The number of benzene rings is 1. The summed E-state index contributed by atoms with van der Waals surface area (Å²) in [5.41, 5.74) is -0.794. The maximum absolute atomic E-state index is 13.0. The van der Waals surface area contributed by atoms with E-state index in [-0.39, 0.29) is 23.2 Å². The Bertz CT molecular complexity index is 516. The van der Waals surface area contributed by atoms with Gasteiger partial charge in [0.2, 0.25) is 0 Å². The fraction of sp³-hybridized carbons (Fsp3) is 0.500. The Morgan fingerprint density at radius 1 is 1.45 bits per heavy atom. The quantitative estimate of drug-likeness (QED) is 0.925. The molecule has 1 aromatic rings. The maximum Gasteiger partial charge on any atom is 0.418 e. The molecule has 1 aliphatic rings. The van der Waals surface area contributed by atoms with Crippen molar-refractivity contribution in [2.45, 2.75) is 25.6 Å². The van der Waals surface area contributed by atoms with Gasteiger partial charge in [0.05, 0.1) is 23.8 Å². The lowest BCUT2D eigenvalue weighted by molar-refractivity contribution is -0.137. The molecule has 3 nitrogen and oxygen atoms in total. The minimum atomic E-state index is -4.49.